The summed E-state index contributed by atoms with van der Waals surface area (Å²) in [4.78, 5) is 4.20. The van der Waals surface area contributed by atoms with E-state index in [0.717, 1.165) is 13.1 Å². The van der Waals surface area contributed by atoms with E-state index in [-0.39, 0.29) is 0 Å². The molecule has 0 amide bonds. The normalized spacial score (nSPS) is 17.6. The van der Waals surface area contributed by atoms with Crippen molar-refractivity contribution < 1.29 is 0 Å². The van der Waals surface area contributed by atoms with Gasteiger partial charge in [-0.3, -0.25) is 4.98 Å². The van der Waals surface area contributed by atoms with Gasteiger partial charge in [0, 0.05) is 30.9 Å². The summed E-state index contributed by atoms with van der Waals surface area (Å²) in [5.41, 5.74) is 1.95. The molecule has 106 valence electrons. The molecule has 20 heavy (non-hydrogen) atoms. The fourth-order valence-electron chi connectivity index (χ4n) is 3.59. The Balaban J connectivity index is 1.68. The number of rotatable bonds is 5. The van der Waals surface area contributed by atoms with Gasteiger partial charge < -0.3 is 5.32 Å². The van der Waals surface area contributed by atoms with Crippen molar-refractivity contribution in [3.8, 4) is 0 Å². The summed E-state index contributed by atoms with van der Waals surface area (Å²) < 4.78 is 0. The highest BCUT2D eigenvalue weighted by Crippen LogP contribution is 2.40. The molecule has 1 aliphatic rings. The average Bonchev–Trinajstić information content (AvgIpc) is 2.97. The Morgan fingerprint density at radius 2 is 2.05 bits per heavy atom. The van der Waals surface area contributed by atoms with Crippen LogP contribution in [0.15, 0.2) is 36.7 Å². The number of benzene rings is 1. The van der Waals surface area contributed by atoms with Gasteiger partial charge in [-0.15, -0.1) is 0 Å². The molecule has 2 heteroatoms. The SMILES string of the molecule is CCC1(CNCc2cccc3cnccc23)CCCC1. The summed E-state index contributed by atoms with van der Waals surface area (Å²) in [5.74, 6) is 0. The predicted molar refractivity (Wildman–Crippen MR) is 84.6 cm³/mol. The zero-order valence-electron chi connectivity index (χ0n) is 12.4. The van der Waals surface area contributed by atoms with Crippen molar-refractivity contribution in [1.29, 1.82) is 0 Å². The van der Waals surface area contributed by atoms with Gasteiger partial charge in [0.15, 0.2) is 0 Å². The van der Waals surface area contributed by atoms with Crippen LogP contribution in [-0.2, 0) is 6.54 Å². The fourth-order valence-corrected chi connectivity index (χ4v) is 3.59. The van der Waals surface area contributed by atoms with E-state index in [2.05, 4.69) is 41.5 Å². The number of nitrogens with zero attached hydrogens (tertiary/aromatic N) is 1. The second-order valence-electron chi connectivity index (χ2n) is 6.18. The number of fused-ring (bicyclic) bond motifs is 1. The van der Waals surface area contributed by atoms with E-state index in [1.165, 1.54) is 48.4 Å². The Labute approximate surface area is 121 Å². The molecule has 1 aliphatic carbocycles. The van der Waals surface area contributed by atoms with Crippen molar-refractivity contribution >= 4 is 10.8 Å². The Morgan fingerprint density at radius 1 is 1.20 bits per heavy atom. The van der Waals surface area contributed by atoms with Crippen LogP contribution in [-0.4, -0.2) is 11.5 Å². The van der Waals surface area contributed by atoms with Crippen LogP contribution in [0.5, 0.6) is 0 Å². The van der Waals surface area contributed by atoms with Gasteiger partial charge in [-0.25, -0.2) is 0 Å². The minimum Gasteiger partial charge on any atom is -0.312 e. The van der Waals surface area contributed by atoms with E-state index in [0.29, 0.717) is 5.41 Å². The molecule has 0 bridgehead atoms. The van der Waals surface area contributed by atoms with Gasteiger partial charge in [0.25, 0.3) is 0 Å². The maximum Gasteiger partial charge on any atom is 0.0346 e. The third kappa shape index (κ3) is 2.71. The lowest BCUT2D eigenvalue weighted by Gasteiger charge is -2.28. The summed E-state index contributed by atoms with van der Waals surface area (Å²) in [6.07, 6.45) is 10.8. The van der Waals surface area contributed by atoms with Crippen LogP contribution in [0.3, 0.4) is 0 Å². The summed E-state index contributed by atoms with van der Waals surface area (Å²) >= 11 is 0. The summed E-state index contributed by atoms with van der Waals surface area (Å²) in [5, 5.41) is 6.27. The van der Waals surface area contributed by atoms with Crippen molar-refractivity contribution in [2.75, 3.05) is 6.54 Å². The minimum absolute atomic E-state index is 0.562. The van der Waals surface area contributed by atoms with Crippen molar-refractivity contribution in [3.05, 3.63) is 42.2 Å². The van der Waals surface area contributed by atoms with Gasteiger partial charge in [0.2, 0.25) is 0 Å². The van der Waals surface area contributed by atoms with Gasteiger partial charge in [-0.2, -0.15) is 0 Å². The van der Waals surface area contributed by atoms with E-state index in [9.17, 15) is 0 Å². The van der Waals surface area contributed by atoms with Crippen molar-refractivity contribution in [1.82, 2.24) is 10.3 Å². The Morgan fingerprint density at radius 3 is 2.85 bits per heavy atom. The Kier molecular flexibility index (Phi) is 4.02. The number of hydrogen-bond donors (Lipinski definition) is 1. The van der Waals surface area contributed by atoms with Crippen molar-refractivity contribution in [3.63, 3.8) is 0 Å². The van der Waals surface area contributed by atoms with Crippen molar-refractivity contribution in [2.45, 2.75) is 45.6 Å². The third-order valence-corrected chi connectivity index (χ3v) is 5.00. The molecule has 3 rings (SSSR count). The molecule has 1 heterocycles. The highest BCUT2D eigenvalue weighted by Gasteiger charge is 2.31. The zero-order chi connectivity index (χ0) is 13.8. The molecule has 0 aliphatic heterocycles. The standard InChI is InChI=1S/C18H24N2/c1-2-18(9-3-4-10-18)14-20-13-16-7-5-6-15-12-19-11-8-17(15)16/h5-8,11-12,20H,2-4,9-10,13-14H2,1H3. The van der Waals surface area contributed by atoms with Crippen LogP contribution < -0.4 is 5.32 Å². The number of aromatic nitrogens is 1. The molecule has 2 nitrogen and oxygen atoms in total. The second kappa shape index (κ2) is 5.92. The van der Waals surface area contributed by atoms with Crippen LogP contribution in [0.25, 0.3) is 10.8 Å². The first-order valence-corrected chi connectivity index (χ1v) is 7.85. The predicted octanol–water partition coefficient (Wildman–Crippen LogP) is 4.29. The molecule has 0 unspecified atom stereocenters. The number of nitrogens with one attached hydrogen (secondary N) is 1. The smallest absolute Gasteiger partial charge is 0.0346 e. The highest BCUT2D eigenvalue weighted by molar-refractivity contribution is 5.84. The van der Waals surface area contributed by atoms with Gasteiger partial charge in [0.1, 0.15) is 0 Å². The Hall–Kier alpha value is -1.41. The van der Waals surface area contributed by atoms with Crippen LogP contribution in [0.2, 0.25) is 0 Å². The average molecular weight is 268 g/mol. The van der Waals surface area contributed by atoms with Gasteiger partial charge >= 0.3 is 0 Å². The fraction of sp³-hybridized carbons (Fsp3) is 0.500. The van der Waals surface area contributed by atoms with Crippen LogP contribution in [0.4, 0.5) is 0 Å². The molecule has 1 aromatic heterocycles. The lowest BCUT2D eigenvalue weighted by Crippen LogP contribution is -2.31. The summed E-state index contributed by atoms with van der Waals surface area (Å²) in [6.45, 7) is 4.46. The molecule has 1 aromatic carbocycles. The molecule has 0 radical (unpaired) electrons. The van der Waals surface area contributed by atoms with Gasteiger partial charge in [-0.1, -0.05) is 38.0 Å². The topological polar surface area (TPSA) is 24.9 Å². The van der Waals surface area contributed by atoms with E-state index in [1.807, 2.05) is 12.4 Å². The first kappa shape index (κ1) is 13.6. The second-order valence-corrected chi connectivity index (χ2v) is 6.18. The molecule has 1 saturated carbocycles. The quantitative estimate of drug-likeness (QED) is 0.874. The van der Waals surface area contributed by atoms with Crippen LogP contribution >= 0.6 is 0 Å². The Bertz CT molecular complexity index is 565. The van der Waals surface area contributed by atoms with E-state index in [1.54, 1.807) is 0 Å². The van der Waals surface area contributed by atoms with Gasteiger partial charge in [0.05, 0.1) is 0 Å². The highest BCUT2D eigenvalue weighted by atomic mass is 14.9. The van der Waals surface area contributed by atoms with Crippen molar-refractivity contribution in [2.24, 2.45) is 5.41 Å². The third-order valence-electron chi connectivity index (χ3n) is 5.00. The molecular weight excluding hydrogens is 244 g/mol. The lowest BCUT2D eigenvalue weighted by atomic mass is 9.83. The minimum atomic E-state index is 0.562. The summed E-state index contributed by atoms with van der Waals surface area (Å²) in [7, 11) is 0. The zero-order valence-corrected chi connectivity index (χ0v) is 12.4. The molecular formula is C18H24N2. The molecule has 0 atom stereocenters. The molecule has 2 aromatic rings. The maximum atomic E-state index is 4.20. The van der Waals surface area contributed by atoms with Gasteiger partial charge in [-0.05, 0) is 41.7 Å². The molecule has 1 fully saturated rings. The molecule has 1 N–H and O–H groups in total. The van der Waals surface area contributed by atoms with Crippen LogP contribution in [0, 0.1) is 5.41 Å². The summed E-state index contributed by atoms with van der Waals surface area (Å²) in [6, 6.07) is 8.61. The maximum absolute atomic E-state index is 4.20. The lowest BCUT2D eigenvalue weighted by molar-refractivity contribution is 0.268. The van der Waals surface area contributed by atoms with E-state index < -0.39 is 0 Å². The number of hydrogen-bond acceptors (Lipinski definition) is 2. The first-order valence-electron chi connectivity index (χ1n) is 7.85. The van der Waals surface area contributed by atoms with E-state index in [4.69, 9.17) is 0 Å². The first-order chi connectivity index (χ1) is 9.83. The van der Waals surface area contributed by atoms with Crippen LogP contribution in [0.1, 0.15) is 44.6 Å². The molecule has 0 saturated heterocycles. The largest absolute Gasteiger partial charge is 0.312 e. The monoisotopic (exact) mass is 268 g/mol. The number of pyridine rings is 1. The van der Waals surface area contributed by atoms with E-state index >= 15 is 0 Å². The molecule has 0 spiro atoms.